The fourth-order valence-electron chi connectivity index (χ4n) is 1.75. The van der Waals surface area contributed by atoms with Crippen molar-refractivity contribution in [1.29, 1.82) is 0 Å². The lowest BCUT2D eigenvalue weighted by Crippen LogP contribution is -2.25. The van der Waals surface area contributed by atoms with Crippen LogP contribution >= 0.6 is 11.6 Å². The first-order chi connectivity index (χ1) is 9.72. The van der Waals surface area contributed by atoms with Gasteiger partial charge in [-0.3, -0.25) is 4.79 Å². The smallest absolute Gasteiger partial charge is 0.287 e. The molecule has 2 aromatic rings. The molecule has 5 nitrogen and oxygen atoms in total. The van der Waals surface area contributed by atoms with Gasteiger partial charge in [0, 0.05) is 13.7 Å². The average molecular weight is 294 g/mol. The maximum absolute atomic E-state index is 12.1. The molecular formula is C14H16ClN3O2. The quantitative estimate of drug-likeness (QED) is 0.828. The number of nitrogens with zero attached hydrogens (tertiary/aromatic N) is 2. The topological polar surface area (TPSA) is 56.1 Å². The van der Waals surface area contributed by atoms with Crippen LogP contribution in [0.2, 0.25) is 5.02 Å². The number of hydrogen-bond donors (Lipinski definition) is 1. The minimum atomic E-state index is -0.307. The van der Waals surface area contributed by atoms with Gasteiger partial charge >= 0.3 is 0 Å². The Bertz CT molecular complexity index is 614. The Balaban J connectivity index is 2.16. The summed E-state index contributed by atoms with van der Waals surface area (Å²) < 4.78 is 6.27. The number of anilines is 1. The van der Waals surface area contributed by atoms with Gasteiger partial charge in [-0.15, -0.1) is 0 Å². The molecule has 1 heterocycles. The van der Waals surface area contributed by atoms with Crippen molar-refractivity contribution in [3.63, 3.8) is 0 Å². The van der Waals surface area contributed by atoms with Crippen molar-refractivity contribution in [3.05, 3.63) is 57.5 Å². The van der Waals surface area contributed by atoms with E-state index in [1.807, 2.05) is 30.3 Å². The molecule has 0 spiro atoms. The highest BCUT2D eigenvalue weighted by atomic mass is 35.5. The third-order valence-corrected chi connectivity index (χ3v) is 3.15. The molecule has 0 aliphatic rings. The number of benzene rings is 1. The normalized spacial score (nSPS) is 10.5. The molecule has 0 amide bonds. The standard InChI is InChI=1S/C14H16ClN3O2/c1-20-8-7-16-12-9-17-18(14(19)13(12)15)10-11-5-3-2-4-6-11/h2-6,9,16H,7-8,10H2,1H3. The zero-order chi connectivity index (χ0) is 14.4. The first-order valence-corrected chi connectivity index (χ1v) is 6.62. The van der Waals surface area contributed by atoms with Crippen molar-refractivity contribution in [2.75, 3.05) is 25.6 Å². The molecule has 0 unspecified atom stereocenters. The van der Waals surface area contributed by atoms with Crippen molar-refractivity contribution in [2.24, 2.45) is 0 Å². The van der Waals surface area contributed by atoms with Gasteiger partial charge in [-0.2, -0.15) is 5.10 Å². The van der Waals surface area contributed by atoms with Gasteiger partial charge < -0.3 is 10.1 Å². The molecule has 0 saturated heterocycles. The Kier molecular flexibility index (Phi) is 5.15. The number of hydrogen-bond acceptors (Lipinski definition) is 4. The van der Waals surface area contributed by atoms with Crippen LogP contribution < -0.4 is 10.9 Å². The van der Waals surface area contributed by atoms with Crippen LogP contribution in [0.4, 0.5) is 5.69 Å². The molecule has 2 rings (SSSR count). The zero-order valence-corrected chi connectivity index (χ0v) is 11.9. The van der Waals surface area contributed by atoms with Gasteiger partial charge in [0.15, 0.2) is 0 Å². The number of ether oxygens (including phenoxy) is 1. The molecule has 0 atom stereocenters. The highest BCUT2D eigenvalue weighted by Crippen LogP contribution is 2.15. The number of methoxy groups -OCH3 is 1. The lowest BCUT2D eigenvalue weighted by molar-refractivity contribution is 0.211. The maximum atomic E-state index is 12.1. The molecule has 1 N–H and O–H groups in total. The Hall–Kier alpha value is -1.85. The van der Waals surface area contributed by atoms with E-state index in [0.29, 0.717) is 25.4 Å². The fraction of sp³-hybridized carbons (Fsp3) is 0.286. The van der Waals surface area contributed by atoms with Crippen molar-refractivity contribution in [1.82, 2.24) is 9.78 Å². The van der Waals surface area contributed by atoms with Gasteiger partial charge in [0.2, 0.25) is 0 Å². The van der Waals surface area contributed by atoms with Crippen LogP contribution in [0.25, 0.3) is 0 Å². The van der Waals surface area contributed by atoms with E-state index in [1.54, 1.807) is 13.3 Å². The number of rotatable bonds is 6. The molecular weight excluding hydrogens is 278 g/mol. The first kappa shape index (κ1) is 14.6. The molecule has 0 saturated carbocycles. The number of aromatic nitrogens is 2. The van der Waals surface area contributed by atoms with E-state index in [4.69, 9.17) is 16.3 Å². The van der Waals surface area contributed by atoms with Gasteiger partial charge in [-0.25, -0.2) is 4.68 Å². The van der Waals surface area contributed by atoms with E-state index < -0.39 is 0 Å². The minimum absolute atomic E-state index is 0.145. The molecule has 106 valence electrons. The summed E-state index contributed by atoms with van der Waals surface area (Å²) in [6.45, 7) is 1.50. The van der Waals surface area contributed by atoms with Crippen LogP contribution in [0, 0.1) is 0 Å². The van der Waals surface area contributed by atoms with E-state index in [0.717, 1.165) is 5.56 Å². The average Bonchev–Trinajstić information content (AvgIpc) is 2.48. The van der Waals surface area contributed by atoms with Gasteiger partial charge in [-0.05, 0) is 5.56 Å². The first-order valence-electron chi connectivity index (χ1n) is 6.24. The Morgan fingerprint density at radius 3 is 2.80 bits per heavy atom. The van der Waals surface area contributed by atoms with Gasteiger partial charge in [0.05, 0.1) is 25.0 Å². The summed E-state index contributed by atoms with van der Waals surface area (Å²) in [5.41, 5.74) is 1.22. The lowest BCUT2D eigenvalue weighted by atomic mass is 10.2. The third kappa shape index (κ3) is 3.59. The molecule has 0 radical (unpaired) electrons. The predicted molar refractivity (Wildman–Crippen MR) is 79.4 cm³/mol. The molecule has 0 bridgehead atoms. The largest absolute Gasteiger partial charge is 0.383 e. The molecule has 1 aromatic heterocycles. The van der Waals surface area contributed by atoms with Crippen molar-refractivity contribution >= 4 is 17.3 Å². The summed E-state index contributed by atoms with van der Waals surface area (Å²) in [6.07, 6.45) is 1.56. The molecule has 20 heavy (non-hydrogen) atoms. The molecule has 1 aromatic carbocycles. The van der Waals surface area contributed by atoms with E-state index in [9.17, 15) is 4.79 Å². The Morgan fingerprint density at radius 2 is 2.10 bits per heavy atom. The summed E-state index contributed by atoms with van der Waals surface area (Å²) in [7, 11) is 1.61. The summed E-state index contributed by atoms with van der Waals surface area (Å²) >= 11 is 6.07. The van der Waals surface area contributed by atoms with Crippen molar-refractivity contribution < 1.29 is 4.74 Å². The lowest BCUT2D eigenvalue weighted by Gasteiger charge is -2.10. The second-order valence-corrected chi connectivity index (χ2v) is 4.62. The van der Waals surface area contributed by atoms with Gasteiger partial charge in [-0.1, -0.05) is 41.9 Å². The van der Waals surface area contributed by atoms with Crippen LogP contribution in [0.3, 0.4) is 0 Å². The molecule has 0 fully saturated rings. The van der Waals surface area contributed by atoms with E-state index in [-0.39, 0.29) is 10.6 Å². The highest BCUT2D eigenvalue weighted by Gasteiger charge is 2.09. The minimum Gasteiger partial charge on any atom is -0.383 e. The van der Waals surface area contributed by atoms with Gasteiger partial charge in [0.25, 0.3) is 5.56 Å². The van der Waals surface area contributed by atoms with E-state index in [1.165, 1.54) is 4.68 Å². The second-order valence-electron chi connectivity index (χ2n) is 4.24. The fourth-order valence-corrected chi connectivity index (χ4v) is 1.96. The number of halogens is 1. The Labute approximate surface area is 122 Å². The summed E-state index contributed by atoms with van der Waals surface area (Å²) in [5.74, 6) is 0. The zero-order valence-electron chi connectivity index (χ0n) is 11.2. The van der Waals surface area contributed by atoms with Crippen LogP contribution in [0.5, 0.6) is 0 Å². The van der Waals surface area contributed by atoms with E-state index in [2.05, 4.69) is 10.4 Å². The Morgan fingerprint density at radius 1 is 1.35 bits per heavy atom. The molecule has 0 aliphatic carbocycles. The molecule has 6 heteroatoms. The van der Waals surface area contributed by atoms with Crippen molar-refractivity contribution in [3.8, 4) is 0 Å². The number of nitrogens with one attached hydrogen (secondary N) is 1. The maximum Gasteiger partial charge on any atom is 0.287 e. The predicted octanol–water partition coefficient (Wildman–Crippen LogP) is 2.00. The van der Waals surface area contributed by atoms with Crippen LogP contribution in [0.15, 0.2) is 41.3 Å². The third-order valence-electron chi connectivity index (χ3n) is 2.78. The summed E-state index contributed by atoms with van der Waals surface area (Å²) in [5, 5.41) is 7.29. The molecule has 0 aliphatic heterocycles. The SMILES string of the molecule is COCCNc1cnn(Cc2ccccc2)c(=O)c1Cl. The van der Waals surface area contributed by atoms with Crippen LogP contribution in [-0.2, 0) is 11.3 Å². The second kappa shape index (κ2) is 7.07. The highest BCUT2D eigenvalue weighted by molar-refractivity contribution is 6.32. The van der Waals surface area contributed by atoms with E-state index >= 15 is 0 Å². The summed E-state index contributed by atoms with van der Waals surface area (Å²) in [4.78, 5) is 12.1. The van der Waals surface area contributed by atoms with Crippen molar-refractivity contribution in [2.45, 2.75) is 6.54 Å². The van der Waals surface area contributed by atoms with Crippen LogP contribution in [-0.4, -0.2) is 30.0 Å². The monoisotopic (exact) mass is 293 g/mol. The van der Waals surface area contributed by atoms with Gasteiger partial charge in [0.1, 0.15) is 5.02 Å². The van der Waals surface area contributed by atoms with Crippen LogP contribution in [0.1, 0.15) is 5.56 Å². The summed E-state index contributed by atoms with van der Waals surface area (Å²) in [6, 6.07) is 9.64.